The highest BCUT2D eigenvalue weighted by atomic mass is 15.3. The zero-order valence-electron chi connectivity index (χ0n) is 11.1. The quantitative estimate of drug-likeness (QED) is 0.777. The summed E-state index contributed by atoms with van der Waals surface area (Å²) in [6.45, 7) is 9.69. The predicted octanol–water partition coefficient (Wildman–Crippen LogP) is 1.15. The Hall–Kier alpha value is -0.120. The van der Waals surface area contributed by atoms with Crippen molar-refractivity contribution in [3.63, 3.8) is 0 Å². The van der Waals surface area contributed by atoms with E-state index in [4.69, 9.17) is 0 Å². The van der Waals surface area contributed by atoms with Gasteiger partial charge in [-0.15, -0.1) is 0 Å². The first-order valence-electron chi connectivity index (χ1n) is 6.86. The first-order valence-corrected chi connectivity index (χ1v) is 6.86. The SMILES string of the molecule is CNC1CCC(N2CCN(C(C)C)CC2)C1. The third kappa shape index (κ3) is 2.76. The lowest BCUT2D eigenvalue weighted by Crippen LogP contribution is -2.51. The Morgan fingerprint density at radius 3 is 2.25 bits per heavy atom. The number of nitrogens with one attached hydrogen (secondary N) is 1. The Labute approximate surface area is 100 Å². The molecule has 16 heavy (non-hydrogen) atoms. The number of hydrogen-bond acceptors (Lipinski definition) is 3. The van der Waals surface area contributed by atoms with E-state index in [0.717, 1.165) is 18.1 Å². The van der Waals surface area contributed by atoms with Gasteiger partial charge in [0, 0.05) is 44.3 Å². The van der Waals surface area contributed by atoms with Crippen LogP contribution in [0.5, 0.6) is 0 Å². The molecule has 3 nitrogen and oxygen atoms in total. The van der Waals surface area contributed by atoms with E-state index in [1.807, 2.05) is 0 Å². The van der Waals surface area contributed by atoms with Crippen molar-refractivity contribution in [2.75, 3.05) is 33.2 Å². The van der Waals surface area contributed by atoms with Gasteiger partial charge in [0.05, 0.1) is 0 Å². The smallest absolute Gasteiger partial charge is 0.0113 e. The van der Waals surface area contributed by atoms with Gasteiger partial charge in [0.2, 0.25) is 0 Å². The minimum Gasteiger partial charge on any atom is -0.317 e. The van der Waals surface area contributed by atoms with Gasteiger partial charge in [-0.2, -0.15) is 0 Å². The number of hydrogen-bond donors (Lipinski definition) is 1. The van der Waals surface area contributed by atoms with E-state index in [1.54, 1.807) is 0 Å². The maximum Gasteiger partial charge on any atom is 0.0113 e. The van der Waals surface area contributed by atoms with Crippen molar-refractivity contribution in [1.29, 1.82) is 0 Å². The molecule has 94 valence electrons. The fraction of sp³-hybridized carbons (Fsp3) is 1.00. The van der Waals surface area contributed by atoms with Crippen LogP contribution in [0, 0.1) is 0 Å². The van der Waals surface area contributed by atoms with Gasteiger partial charge in [-0.05, 0) is 40.2 Å². The Morgan fingerprint density at radius 1 is 1.06 bits per heavy atom. The molecule has 2 unspecified atom stereocenters. The molecule has 1 heterocycles. The Balaban J connectivity index is 1.77. The number of piperazine rings is 1. The molecule has 2 aliphatic rings. The summed E-state index contributed by atoms with van der Waals surface area (Å²) in [7, 11) is 2.10. The summed E-state index contributed by atoms with van der Waals surface area (Å²) >= 11 is 0. The van der Waals surface area contributed by atoms with Crippen molar-refractivity contribution in [1.82, 2.24) is 15.1 Å². The van der Waals surface area contributed by atoms with Gasteiger partial charge < -0.3 is 5.32 Å². The average molecular weight is 225 g/mol. The van der Waals surface area contributed by atoms with E-state index in [2.05, 4.69) is 36.0 Å². The molecule has 1 aliphatic heterocycles. The van der Waals surface area contributed by atoms with Gasteiger partial charge in [-0.25, -0.2) is 0 Å². The molecule has 0 bridgehead atoms. The van der Waals surface area contributed by atoms with Crippen LogP contribution in [0.2, 0.25) is 0 Å². The lowest BCUT2D eigenvalue weighted by Gasteiger charge is -2.39. The van der Waals surface area contributed by atoms with Crippen molar-refractivity contribution >= 4 is 0 Å². The normalized spacial score (nSPS) is 33.8. The second-order valence-corrected chi connectivity index (χ2v) is 5.62. The van der Waals surface area contributed by atoms with Gasteiger partial charge in [-0.3, -0.25) is 9.80 Å². The molecule has 2 fully saturated rings. The highest BCUT2D eigenvalue weighted by Gasteiger charge is 2.30. The largest absolute Gasteiger partial charge is 0.317 e. The van der Waals surface area contributed by atoms with Gasteiger partial charge >= 0.3 is 0 Å². The Bertz CT molecular complexity index is 209. The highest BCUT2D eigenvalue weighted by Crippen LogP contribution is 2.25. The van der Waals surface area contributed by atoms with E-state index in [9.17, 15) is 0 Å². The van der Waals surface area contributed by atoms with Crippen molar-refractivity contribution in [2.24, 2.45) is 0 Å². The molecule has 1 saturated carbocycles. The zero-order chi connectivity index (χ0) is 11.5. The molecule has 1 N–H and O–H groups in total. The predicted molar refractivity (Wildman–Crippen MR) is 68.8 cm³/mol. The van der Waals surface area contributed by atoms with Gasteiger partial charge in [0.1, 0.15) is 0 Å². The third-order valence-electron chi connectivity index (χ3n) is 4.41. The molecular formula is C13H27N3. The fourth-order valence-electron chi connectivity index (χ4n) is 3.17. The van der Waals surface area contributed by atoms with Crippen LogP contribution in [0.3, 0.4) is 0 Å². The lowest BCUT2D eigenvalue weighted by atomic mass is 10.1. The van der Waals surface area contributed by atoms with Gasteiger partial charge in [-0.1, -0.05) is 0 Å². The van der Waals surface area contributed by atoms with E-state index in [1.165, 1.54) is 45.4 Å². The number of nitrogens with zero attached hydrogens (tertiary/aromatic N) is 2. The van der Waals surface area contributed by atoms with Crippen molar-refractivity contribution in [3.05, 3.63) is 0 Å². The lowest BCUT2D eigenvalue weighted by molar-refractivity contribution is 0.0792. The molecule has 3 heteroatoms. The first kappa shape index (κ1) is 12.3. The summed E-state index contributed by atoms with van der Waals surface area (Å²) in [5, 5.41) is 3.42. The summed E-state index contributed by atoms with van der Waals surface area (Å²) in [5.74, 6) is 0. The molecule has 0 aromatic heterocycles. The average Bonchev–Trinajstić information content (AvgIpc) is 2.77. The molecule has 1 saturated heterocycles. The van der Waals surface area contributed by atoms with Crippen LogP contribution >= 0.6 is 0 Å². The molecule has 2 rings (SSSR count). The summed E-state index contributed by atoms with van der Waals surface area (Å²) in [4.78, 5) is 5.32. The van der Waals surface area contributed by atoms with Crippen LogP contribution in [0.4, 0.5) is 0 Å². The van der Waals surface area contributed by atoms with Crippen molar-refractivity contribution < 1.29 is 0 Å². The second kappa shape index (κ2) is 5.48. The van der Waals surface area contributed by atoms with Gasteiger partial charge in [0.25, 0.3) is 0 Å². The van der Waals surface area contributed by atoms with E-state index in [0.29, 0.717) is 0 Å². The first-order chi connectivity index (χ1) is 7.70. The summed E-state index contributed by atoms with van der Waals surface area (Å²) in [5.41, 5.74) is 0. The van der Waals surface area contributed by atoms with Crippen molar-refractivity contribution in [2.45, 2.75) is 51.2 Å². The Kier molecular flexibility index (Phi) is 4.22. The third-order valence-corrected chi connectivity index (χ3v) is 4.41. The van der Waals surface area contributed by atoms with E-state index < -0.39 is 0 Å². The summed E-state index contributed by atoms with van der Waals surface area (Å²) in [6, 6.07) is 2.34. The van der Waals surface area contributed by atoms with Crippen molar-refractivity contribution in [3.8, 4) is 0 Å². The molecule has 0 radical (unpaired) electrons. The Morgan fingerprint density at radius 2 is 1.75 bits per heavy atom. The highest BCUT2D eigenvalue weighted by molar-refractivity contribution is 4.88. The summed E-state index contributed by atoms with van der Waals surface area (Å²) in [6.07, 6.45) is 4.12. The van der Waals surface area contributed by atoms with E-state index in [-0.39, 0.29) is 0 Å². The maximum atomic E-state index is 3.42. The maximum absolute atomic E-state index is 3.42. The van der Waals surface area contributed by atoms with Crippen LogP contribution in [0.1, 0.15) is 33.1 Å². The monoisotopic (exact) mass is 225 g/mol. The summed E-state index contributed by atoms with van der Waals surface area (Å²) < 4.78 is 0. The molecule has 1 aliphatic carbocycles. The van der Waals surface area contributed by atoms with Crippen LogP contribution in [-0.2, 0) is 0 Å². The molecule has 0 aromatic carbocycles. The molecule has 0 aromatic rings. The van der Waals surface area contributed by atoms with E-state index >= 15 is 0 Å². The second-order valence-electron chi connectivity index (χ2n) is 5.62. The molecular weight excluding hydrogens is 198 g/mol. The number of rotatable bonds is 3. The van der Waals surface area contributed by atoms with Crippen LogP contribution < -0.4 is 5.32 Å². The fourth-order valence-corrected chi connectivity index (χ4v) is 3.17. The minimum atomic E-state index is 0.718. The standard InChI is InChI=1S/C13H27N3/c1-11(2)15-6-8-16(9-7-15)13-5-4-12(10-13)14-3/h11-14H,4-10H2,1-3H3. The minimum absolute atomic E-state index is 0.718. The van der Waals surface area contributed by atoms with Crippen LogP contribution in [0.25, 0.3) is 0 Å². The van der Waals surface area contributed by atoms with Crippen LogP contribution in [0.15, 0.2) is 0 Å². The molecule has 0 amide bonds. The topological polar surface area (TPSA) is 18.5 Å². The molecule has 2 atom stereocenters. The molecule has 0 spiro atoms. The van der Waals surface area contributed by atoms with Gasteiger partial charge in [0.15, 0.2) is 0 Å². The van der Waals surface area contributed by atoms with Crippen LogP contribution in [-0.4, -0.2) is 61.2 Å². The zero-order valence-corrected chi connectivity index (χ0v) is 11.1.